The maximum Gasteiger partial charge on any atom is 0.293 e. The van der Waals surface area contributed by atoms with Crippen LogP contribution in [0, 0.1) is 15.5 Å². The summed E-state index contributed by atoms with van der Waals surface area (Å²) in [7, 11) is 1.48. The molecule has 0 bridgehead atoms. The Bertz CT molecular complexity index is 712. The second kappa shape index (κ2) is 7.72. The van der Waals surface area contributed by atoms with E-state index in [-0.39, 0.29) is 23.1 Å². The largest absolute Gasteiger partial charge is 0.364 e. The zero-order valence-electron chi connectivity index (χ0n) is 15.7. The molecule has 8 heteroatoms. The number of rotatable bonds is 3. The zero-order valence-corrected chi connectivity index (χ0v) is 15.7. The number of hydrogen-bond acceptors (Lipinski definition) is 5. The van der Waals surface area contributed by atoms with Crippen LogP contribution in [0.1, 0.15) is 37.6 Å². The molecule has 0 spiro atoms. The van der Waals surface area contributed by atoms with Crippen LogP contribution in [0.2, 0.25) is 0 Å². The molecule has 1 heterocycles. The third kappa shape index (κ3) is 4.30. The van der Waals surface area contributed by atoms with E-state index < -0.39 is 10.3 Å². The zero-order chi connectivity index (χ0) is 19.5. The van der Waals surface area contributed by atoms with E-state index in [0.717, 1.165) is 6.42 Å². The molecule has 0 aliphatic carbocycles. The van der Waals surface area contributed by atoms with Crippen LogP contribution >= 0.6 is 0 Å². The third-order valence-electron chi connectivity index (χ3n) is 4.43. The summed E-state index contributed by atoms with van der Waals surface area (Å²) in [5.74, 6) is -0.277. The minimum atomic E-state index is -0.468. The van der Waals surface area contributed by atoms with E-state index in [1.54, 1.807) is 12.1 Å². The average molecular weight is 362 g/mol. The number of carbonyl (C=O) groups is 2. The lowest BCUT2D eigenvalue weighted by atomic mass is 9.94. The summed E-state index contributed by atoms with van der Waals surface area (Å²) in [5, 5.41) is 14.0. The highest BCUT2D eigenvalue weighted by Crippen LogP contribution is 2.30. The predicted molar refractivity (Wildman–Crippen MR) is 99.4 cm³/mol. The van der Waals surface area contributed by atoms with Crippen molar-refractivity contribution in [3.63, 3.8) is 0 Å². The first-order valence-electron chi connectivity index (χ1n) is 8.70. The van der Waals surface area contributed by atoms with Gasteiger partial charge in [-0.3, -0.25) is 19.7 Å². The summed E-state index contributed by atoms with van der Waals surface area (Å²) in [4.78, 5) is 39.0. The van der Waals surface area contributed by atoms with Gasteiger partial charge in [-0.15, -0.1) is 0 Å². The fourth-order valence-corrected chi connectivity index (χ4v) is 3.06. The minimum absolute atomic E-state index is 0.0869. The molecule has 0 saturated carbocycles. The monoisotopic (exact) mass is 362 g/mol. The fraction of sp³-hybridized carbons (Fsp3) is 0.556. The Morgan fingerprint density at radius 2 is 1.85 bits per heavy atom. The van der Waals surface area contributed by atoms with Gasteiger partial charge in [0.1, 0.15) is 5.69 Å². The molecule has 1 N–H and O–H groups in total. The predicted octanol–water partition coefficient (Wildman–Crippen LogP) is 2.04. The van der Waals surface area contributed by atoms with Crippen molar-refractivity contribution in [2.75, 3.05) is 38.1 Å². The lowest BCUT2D eigenvalue weighted by Crippen LogP contribution is -2.41. The van der Waals surface area contributed by atoms with E-state index in [1.165, 1.54) is 13.1 Å². The number of nitrogens with zero attached hydrogens (tertiary/aromatic N) is 3. The molecule has 1 fully saturated rings. The van der Waals surface area contributed by atoms with Gasteiger partial charge in [-0.25, -0.2) is 0 Å². The highest BCUT2D eigenvalue weighted by atomic mass is 16.6. The summed E-state index contributed by atoms with van der Waals surface area (Å²) in [6, 6.07) is 4.51. The van der Waals surface area contributed by atoms with Gasteiger partial charge in [0.2, 0.25) is 5.91 Å². The Kier molecular flexibility index (Phi) is 5.84. The normalized spacial score (nSPS) is 15.4. The van der Waals surface area contributed by atoms with Crippen LogP contribution in [-0.2, 0) is 4.79 Å². The Morgan fingerprint density at radius 1 is 1.15 bits per heavy atom. The number of benzene rings is 1. The Balaban J connectivity index is 2.24. The standard InChI is InChI=1S/C18H26N4O4/c1-18(2,3)17(24)21-9-5-8-20(10-11-21)14-7-6-13(16(23)19-4)12-15(14)22(25)26/h6-7,12H,5,8-11H2,1-4H3,(H,19,23). The summed E-state index contributed by atoms with van der Waals surface area (Å²) >= 11 is 0. The molecule has 142 valence electrons. The first-order chi connectivity index (χ1) is 12.1. The Hall–Kier alpha value is -2.64. The Labute approximate surface area is 153 Å². The molecule has 0 atom stereocenters. The average Bonchev–Trinajstić information content (AvgIpc) is 2.84. The number of nitro groups is 1. The summed E-state index contributed by atoms with van der Waals surface area (Å²) in [6.45, 7) is 7.96. The van der Waals surface area contributed by atoms with Crippen LogP contribution in [0.3, 0.4) is 0 Å². The van der Waals surface area contributed by atoms with Crippen molar-refractivity contribution >= 4 is 23.2 Å². The second-order valence-electron chi connectivity index (χ2n) is 7.42. The number of carbonyl (C=O) groups excluding carboxylic acids is 2. The molecule has 0 radical (unpaired) electrons. The second-order valence-corrected chi connectivity index (χ2v) is 7.42. The van der Waals surface area contributed by atoms with Gasteiger partial charge in [0.05, 0.1) is 4.92 Å². The molecule has 1 aromatic carbocycles. The third-order valence-corrected chi connectivity index (χ3v) is 4.43. The summed E-state index contributed by atoms with van der Waals surface area (Å²) in [5.41, 5.74) is 0.188. The maximum atomic E-state index is 12.5. The molecular formula is C18H26N4O4. The molecule has 1 aromatic rings. The van der Waals surface area contributed by atoms with Crippen LogP contribution in [-0.4, -0.2) is 54.9 Å². The van der Waals surface area contributed by atoms with Gasteiger partial charge >= 0.3 is 0 Å². The number of amides is 2. The van der Waals surface area contributed by atoms with Crippen molar-refractivity contribution in [3.8, 4) is 0 Å². The molecular weight excluding hydrogens is 336 g/mol. The van der Waals surface area contributed by atoms with Gasteiger partial charge in [0, 0.05) is 50.3 Å². The van der Waals surface area contributed by atoms with Crippen LogP contribution in [0.25, 0.3) is 0 Å². The van der Waals surface area contributed by atoms with Gasteiger partial charge in [0.25, 0.3) is 11.6 Å². The van der Waals surface area contributed by atoms with E-state index in [2.05, 4.69) is 5.32 Å². The van der Waals surface area contributed by atoms with Gasteiger partial charge in [-0.2, -0.15) is 0 Å². The number of anilines is 1. The molecule has 1 saturated heterocycles. The van der Waals surface area contributed by atoms with Gasteiger partial charge in [0.15, 0.2) is 0 Å². The van der Waals surface area contributed by atoms with Crippen LogP contribution < -0.4 is 10.2 Å². The van der Waals surface area contributed by atoms with E-state index in [9.17, 15) is 19.7 Å². The first-order valence-corrected chi connectivity index (χ1v) is 8.70. The quantitative estimate of drug-likeness (QED) is 0.656. The van der Waals surface area contributed by atoms with E-state index in [0.29, 0.717) is 31.9 Å². The fourth-order valence-electron chi connectivity index (χ4n) is 3.06. The molecule has 1 aliphatic rings. The van der Waals surface area contributed by atoms with Crippen molar-refractivity contribution in [1.82, 2.24) is 10.2 Å². The van der Waals surface area contributed by atoms with E-state index >= 15 is 0 Å². The van der Waals surface area contributed by atoms with Crippen molar-refractivity contribution < 1.29 is 14.5 Å². The summed E-state index contributed by atoms with van der Waals surface area (Å²) in [6.07, 6.45) is 0.732. The van der Waals surface area contributed by atoms with Gasteiger partial charge in [-0.1, -0.05) is 20.8 Å². The van der Waals surface area contributed by atoms with Crippen molar-refractivity contribution in [3.05, 3.63) is 33.9 Å². The molecule has 0 unspecified atom stereocenters. The van der Waals surface area contributed by atoms with E-state index in [4.69, 9.17) is 0 Å². The SMILES string of the molecule is CNC(=O)c1ccc(N2CCCN(C(=O)C(C)(C)C)CC2)c([N+](=O)[O-])c1. The van der Waals surface area contributed by atoms with Crippen LogP contribution in [0.5, 0.6) is 0 Å². The molecule has 8 nitrogen and oxygen atoms in total. The lowest BCUT2D eigenvalue weighted by Gasteiger charge is -2.28. The van der Waals surface area contributed by atoms with Crippen LogP contribution in [0.15, 0.2) is 18.2 Å². The van der Waals surface area contributed by atoms with Crippen LogP contribution in [0.4, 0.5) is 11.4 Å². The molecule has 26 heavy (non-hydrogen) atoms. The van der Waals surface area contributed by atoms with Crippen molar-refractivity contribution in [2.45, 2.75) is 27.2 Å². The Morgan fingerprint density at radius 3 is 2.42 bits per heavy atom. The van der Waals surface area contributed by atoms with Crippen molar-refractivity contribution in [1.29, 1.82) is 0 Å². The summed E-state index contributed by atoms with van der Waals surface area (Å²) < 4.78 is 0. The lowest BCUT2D eigenvalue weighted by molar-refractivity contribution is -0.384. The first kappa shape index (κ1) is 19.7. The topological polar surface area (TPSA) is 95.8 Å². The van der Waals surface area contributed by atoms with E-state index in [1.807, 2.05) is 30.6 Å². The maximum absolute atomic E-state index is 12.5. The number of nitro benzene ring substituents is 1. The number of nitrogens with one attached hydrogen (secondary N) is 1. The molecule has 2 amide bonds. The highest BCUT2D eigenvalue weighted by Gasteiger charge is 2.30. The van der Waals surface area contributed by atoms with Gasteiger partial charge < -0.3 is 15.1 Å². The minimum Gasteiger partial charge on any atom is -0.364 e. The molecule has 0 aromatic heterocycles. The number of hydrogen-bond donors (Lipinski definition) is 1. The smallest absolute Gasteiger partial charge is 0.293 e. The molecule has 1 aliphatic heterocycles. The van der Waals surface area contributed by atoms with Gasteiger partial charge in [-0.05, 0) is 18.6 Å². The highest BCUT2D eigenvalue weighted by molar-refractivity contribution is 5.95. The van der Waals surface area contributed by atoms with Crippen molar-refractivity contribution in [2.24, 2.45) is 5.41 Å². The molecule has 2 rings (SSSR count).